The third kappa shape index (κ3) is 6.60. The first-order valence-electron chi connectivity index (χ1n) is 6.75. The van der Waals surface area contributed by atoms with Crippen molar-refractivity contribution >= 4 is 0 Å². The Hall–Kier alpha value is -1.06. The fourth-order valence-corrected chi connectivity index (χ4v) is 1.64. The molecule has 0 bridgehead atoms. The molecule has 0 saturated carbocycles. The molecule has 1 aromatic rings. The Balaban J connectivity index is 2.48. The van der Waals surface area contributed by atoms with Gasteiger partial charge in [0.05, 0.1) is 18.8 Å². The lowest BCUT2D eigenvalue weighted by atomic mass is 10.1. The quantitative estimate of drug-likeness (QED) is 0.856. The van der Waals surface area contributed by atoms with E-state index in [1.54, 1.807) is 0 Å². The molecule has 3 nitrogen and oxygen atoms in total. The van der Waals surface area contributed by atoms with Gasteiger partial charge in [0.2, 0.25) is 0 Å². The van der Waals surface area contributed by atoms with Crippen molar-refractivity contribution in [3.63, 3.8) is 0 Å². The van der Waals surface area contributed by atoms with Crippen LogP contribution in [0.4, 0.5) is 0 Å². The average Bonchev–Trinajstić information content (AvgIpc) is 2.27. The smallest absolute Gasteiger partial charge is 0.120 e. The first kappa shape index (κ1) is 16.0. The van der Waals surface area contributed by atoms with E-state index in [0.29, 0.717) is 6.61 Å². The zero-order valence-corrected chi connectivity index (χ0v) is 12.7. The summed E-state index contributed by atoms with van der Waals surface area (Å²) in [5.74, 6) is 0.818. The van der Waals surface area contributed by atoms with Gasteiger partial charge in [-0.2, -0.15) is 0 Å². The number of hydrogen-bond acceptors (Lipinski definition) is 3. The zero-order valence-electron chi connectivity index (χ0n) is 12.7. The molecular formula is C16H26O3. The van der Waals surface area contributed by atoms with Crippen molar-refractivity contribution in [3.05, 3.63) is 29.8 Å². The van der Waals surface area contributed by atoms with Crippen LogP contribution in [-0.4, -0.2) is 22.9 Å². The molecular weight excluding hydrogens is 240 g/mol. The number of hydrogen-bond donors (Lipinski definition) is 1. The van der Waals surface area contributed by atoms with Gasteiger partial charge in [-0.25, -0.2) is 0 Å². The fraction of sp³-hybridized carbons (Fsp3) is 0.625. The Morgan fingerprint density at radius 3 is 2.05 bits per heavy atom. The van der Waals surface area contributed by atoms with Crippen LogP contribution in [0, 0.1) is 0 Å². The summed E-state index contributed by atoms with van der Waals surface area (Å²) in [5.41, 5.74) is 0.506. The van der Waals surface area contributed by atoms with Crippen molar-refractivity contribution in [1.29, 1.82) is 0 Å². The molecule has 108 valence electrons. The van der Waals surface area contributed by atoms with Crippen LogP contribution >= 0.6 is 0 Å². The second kappa shape index (κ2) is 6.40. The SMILES string of the molecule is CC(C)(C)OCCC(C)(C)Oc1ccc(CO)cc1. The molecule has 0 saturated heterocycles. The maximum absolute atomic E-state index is 9.00. The third-order valence-corrected chi connectivity index (χ3v) is 2.74. The molecule has 0 radical (unpaired) electrons. The monoisotopic (exact) mass is 266 g/mol. The third-order valence-electron chi connectivity index (χ3n) is 2.74. The van der Waals surface area contributed by atoms with Crippen LogP contribution in [0.3, 0.4) is 0 Å². The van der Waals surface area contributed by atoms with E-state index in [1.165, 1.54) is 0 Å². The topological polar surface area (TPSA) is 38.7 Å². The Morgan fingerprint density at radius 1 is 1.00 bits per heavy atom. The van der Waals surface area contributed by atoms with Crippen LogP contribution in [0.1, 0.15) is 46.6 Å². The van der Waals surface area contributed by atoms with Gasteiger partial charge in [0, 0.05) is 6.42 Å². The molecule has 1 rings (SSSR count). The molecule has 0 aliphatic rings. The molecule has 0 heterocycles. The van der Waals surface area contributed by atoms with Crippen LogP contribution in [0.25, 0.3) is 0 Å². The standard InChI is InChI=1S/C16H26O3/c1-15(2,3)18-11-10-16(4,5)19-14-8-6-13(12-17)7-9-14/h6-9,17H,10-12H2,1-5H3. The minimum atomic E-state index is -0.272. The Morgan fingerprint density at radius 2 is 1.58 bits per heavy atom. The lowest BCUT2D eigenvalue weighted by Crippen LogP contribution is -2.32. The highest BCUT2D eigenvalue weighted by atomic mass is 16.5. The number of benzene rings is 1. The number of ether oxygens (including phenoxy) is 2. The summed E-state index contributed by atoms with van der Waals surface area (Å²) in [6, 6.07) is 7.52. The second-order valence-electron chi connectivity index (χ2n) is 6.37. The minimum absolute atomic E-state index is 0.0586. The highest BCUT2D eigenvalue weighted by Crippen LogP contribution is 2.22. The second-order valence-corrected chi connectivity index (χ2v) is 6.37. The molecule has 1 N–H and O–H groups in total. The van der Waals surface area contributed by atoms with Gasteiger partial charge in [0.15, 0.2) is 0 Å². The average molecular weight is 266 g/mol. The van der Waals surface area contributed by atoms with Crippen molar-refractivity contribution in [3.8, 4) is 5.75 Å². The van der Waals surface area contributed by atoms with E-state index < -0.39 is 0 Å². The van der Waals surface area contributed by atoms with E-state index in [0.717, 1.165) is 17.7 Å². The van der Waals surface area contributed by atoms with Gasteiger partial charge in [-0.05, 0) is 52.3 Å². The van der Waals surface area contributed by atoms with Crippen molar-refractivity contribution in [2.45, 2.75) is 58.8 Å². The summed E-state index contributed by atoms with van der Waals surface area (Å²) in [4.78, 5) is 0. The molecule has 0 aliphatic carbocycles. The van der Waals surface area contributed by atoms with Gasteiger partial charge in [-0.1, -0.05) is 12.1 Å². The van der Waals surface area contributed by atoms with Crippen molar-refractivity contribution in [2.24, 2.45) is 0 Å². The van der Waals surface area contributed by atoms with Gasteiger partial charge in [-0.3, -0.25) is 0 Å². The first-order chi connectivity index (χ1) is 8.72. The Labute approximate surface area is 116 Å². The van der Waals surface area contributed by atoms with E-state index in [2.05, 4.69) is 34.6 Å². The summed E-state index contributed by atoms with van der Waals surface area (Å²) in [6.07, 6.45) is 0.825. The molecule has 0 unspecified atom stereocenters. The number of aliphatic hydroxyl groups excluding tert-OH is 1. The van der Waals surface area contributed by atoms with Crippen LogP contribution in [0.2, 0.25) is 0 Å². The predicted molar refractivity (Wildman–Crippen MR) is 77.4 cm³/mol. The van der Waals surface area contributed by atoms with Crippen molar-refractivity contribution in [1.82, 2.24) is 0 Å². The summed E-state index contributed by atoms with van der Waals surface area (Å²) >= 11 is 0. The molecule has 0 fully saturated rings. The normalized spacial score (nSPS) is 12.5. The Kier molecular flexibility index (Phi) is 5.39. The van der Waals surface area contributed by atoms with Gasteiger partial charge >= 0.3 is 0 Å². The Bertz CT molecular complexity index is 374. The molecule has 1 aromatic carbocycles. The summed E-state index contributed by atoms with van der Waals surface area (Å²) in [5, 5.41) is 9.00. The van der Waals surface area contributed by atoms with E-state index in [4.69, 9.17) is 14.6 Å². The molecule has 3 heteroatoms. The molecule has 0 spiro atoms. The van der Waals surface area contributed by atoms with E-state index in [-0.39, 0.29) is 17.8 Å². The number of aliphatic hydroxyl groups is 1. The van der Waals surface area contributed by atoms with E-state index in [9.17, 15) is 0 Å². The maximum Gasteiger partial charge on any atom is 0.120 e. The van der Waals surface area contributed by atoms with Crippen LogP contribution in [-0.2, 0) is 11.3 Å². The van der Waals surface area contributed by atoms with Crippen molar-refractivity contribution in [2.75, 3.05) is 6.61 Å². The zero-order chi connectivity index (χ0) is 14.5. The first-order valence-corrected chi connectivity index (χ1v) is 6.75. The number of rotatable bonds is 6. The van der Waals surface area contributed by atoms with Crippen LogP contribution in [0.15, 0.2) is 24.3 Å². The summed E-state index contributed by atoms with van der Waals surface area (Å²) in [7, 11) is 0. The summed E-state index contributed by atoms with van der Waals surface area (Å²) < 4.78 is 11.7. The highest BCUT2D eigenvalue weighted by Gasteiger charge is 2.21. The maximum atomic E-state index is 9.00. The van der Waals surface area contributed by atoms with E-state index >= 15 is 0 Å². The molecule has 0 aromatic heterocycles. The molecule has 0 atom stereocenters. The largest absolute Gasteiger partial charge is 0.488 e. The molecule has 19 heavy (non-hydrogen) atoms. The predicted octanol–water partition coefficient (Wildman–Crippen LogP) is 3.54. The van der Waals surface area contributed by atoms with Gasteiger partial charge in [0.1, 0.15) is 11.4 Å². The lowest BCUT2D eigenvalue weighted by Gasteiger charge is -2.28. The van der Waals surface area contributed by atoms with Gasteiger partial charge in [0.25, 0.3) is 0 Å². The molecule has 0 aliphatic heterocycles. The lowest BCUT2D eigenvalue weighted by molar-refractivity contribution is -0.0292. The van der Waals surface area contributed by atoms with Crippen LogP contribution < -0.4 is 4.74 Å². The van der Waals surface area contributed by atoms with Crippen LogP contribution in [0.5, 0.6) is 5.75 Å². The molecule has 0 amide bonds. The fourth-order valence-electron chi connectivity index (χ4n) is 1.64. The van der Waals surface area contributed by atoms with Gasteiger partial charge in [-0.15, -0.1) is 0 Å². The van der Waals surface area contributed by atoms with E-state index in [1.807, 2.05) is 24.3 Å². The minimum Gasteiger partial charge on any atom is -0.488 e. The van der Waals surface area contributed by atoms with Crippen molar-refractivity contribution < 1.29 is 14.6 Å². The highest BCUT2D eigenvalue weighted by molar-refractivity contribution is 5.27. The van der Waals surface area contributed by atoms with Gasteiger partial charge < -0.3 is 14.6 Å². The summed E-state index contributed by atoms with van der Waals surface area (Å²) in [6.45, 7) is 11.0.